The molecule has 0 aliphatic carbocycles. The summed E-state index contributed by atoms with van der Waals surface area (Å²) in [6.45, 7) is 0. The van der Waals surface area contributed by atoms with Gasteiger partial charge in [-0.1, -0.05) is 54.6 Å². The molecule has 3 aromatic carbocycles. The SMILES string of the molecule is Nc1ccc(-c2cccc(N)c2C(F)(F)F)c(C(F)(F)F)c1.c1ccccc1. The van der Waals surface area contributed by atoms with Crippen LogP contribution >= 0.6 is 0 Å². The Kier molecular flexibility index (Phi) is 6.23. The van der Waals surface area contributed by atoms with Crippen LogP contribution in [0.3, 0.4) is 0 Å². The maximum Gasteiger partial charge on any atom is 0.418 e. The Hall–Kier alpha value is -3.16. The summed E-state index contributed by atoms with van der Waals surface area (Å²) in [6, 6.07) is 17.7. The molecule has 148 valence electrons. The van der Waals surface area contributed by atoms with Crippen LogP contribution in [0, 0.1) is 0 Å². The minimum atomic E-state index is -4.88. The minimum absolute atomic E-state index is 0.200. The summed E-state index contributed by atoms with van der Waals surface area (Å²) in [4.78, 5) is 0. The number of anilines is 2. The van der Waals surface area contributed by atoms with E-state index in [1.165, 1.54) is 0 Å². The monoisotopic (exact) mass is 398 g/mol. The van der Waals surface area contributed by atoms with Gasteiger partial charge >= 0.3 is 12.4 Å². The standard InChI is InChI=1S/C14H10F6N2.C6H6/c15-13(16,17)10-6-7(21)4-5-8(10)9-2-1-3-11(22)12(9)14(18,19)20;1-2-4-6-5-3-1/h1-6H,21-22H2;1-6H. The van der Waals surface area contributed by atoms with E-state index in [4.69, 9.17) is 11.5 Å². The lowest BCUT2D eigenvalue weighted by Crippen LogP contribution is -2.13. The number of nitrogens with two attached hydrogens (primary N) is 2. The quantitative estimate of drug-likeness (QED) is 0.376. The molecule has 3 aromatic rings. The highest BCUT2D eigenvalue weighted by Crippen LogP contribution is 2.45. The average molecular weight is 398 g/mol. The number of rotatable bonds is 1. The van der Waals surface area contributed by atoms with Crippen molar-refractivity contribution in [3.05, 3.63) is 83.9 Å². The van der Waals surface area contributed by atoms with E-state index in [0.29, 0.717) is 6.07 Å². The number of halogens is 6. The van der Waals surface area contributed by atoms with Crippen LogP contribution in [-0.2, 0) is 12.4 Å². The molecular formula is C20H16F6N2. The zero-order valence-corrected chi connectivity index (χ0v) is 14.4. The highest BCUT2D eigenvalue weighted by Gasteiger charge is 2.39. The van der Waals surface area contributed by atoms with Gasteiger partial charge in [0.2, 0.25) is 0 Å². The van der Waals surface area contributed by atoms with Crippen LogP contribution in [0.4, 0.5) is 37.7 Å². The van der Waals surface area contributed by atoms with Gasteiger partial charge in [-0.2, -0.15) is 26.3 Å². The van der Waals surface area contributed by atoms with Gasteiger partial charge in [0, 0.05) is 11.4 Å². The summed E-state index contributed by atoms with van der Waals surface area (Å²) < 4.78 is 78.6. The Morgan fingerprint density at radius 2 is 1.11 bits per heavy atom. The molecule has 0 spiro atoms. The molecule has 8 heteroatoms. The predicted octanol–water partition coefficient (Wildman–Crippen LogP) is 6.24. The fourth-order valence-electron chi connectivity index (χ4n) is 2.53. The van der Waals surface area contributed by atoms with Crippen molar-refractivity contribution in [2.45, 2.75) is 12.4 Å². The fraction of sp³-hybridized carbons (Fsp3) is 0.100. The Morgan fingerprint density at radius 1 is 0.571 bits per heavy atom. The first-order valence-corrected chi connectivity index (χ1v) is 7.94. The van der Waals surface area contributed by atoms with E-state index in [9.17, 15) is 26.3 Å². The van der Waals surface area contributed by atoms with Crippen LogP contribution in [0.15, 0.2) is 72.8 Å². The van der Waals surface area contributed by atoms with Gasteiger partial charge in [-0.05, 0) is 29.3 Å². The number of hydrogen-bond donors (Lipinski definition) is 2. The molecule has 0 unspecified atom stereocenters. The third-order valence-electron chi connectivity index (χ3n) is 3.69. The lowest BCUT2D eigenvalue weighted by atomic mass is 9.93. The summed E-state index contributed by atoms with van der Waals surface area (Å²) in [5.74, 6) is 0. The third-order valence-corrected chi connectivity index (χ3v) is 3.69. The zero-order valence-electron chi connectivity index (χ0n) is 14.4. The lowest BCUT2D eigenvalue weighted by molar-refractivity contribution is -0.139. The van der Waals surface area contributed by atoms with Crippen molar-refractivity contribution in [1.29, 1.82) is 0 Å². The van der Waals surface area contributed by atoms with Gasteiger partial charge in [0.05, 0.1) is 11.1 Å². The van der Waals surface area contributed by atoms with Gasteiger partial charge in [-0.25, -0.2) is 0 Å². The van der Waals surface area contributed by atoms with E-state index in [1.807, 2.05) is 36.4 Å². The molecule has 0 aliphatic rings. The van der Waals surface area contributed by atoms with E-state index in [1.54, 1.807) is 0 Å². The van der Waals surface area contributed by atoms with Crippen molar-refractivity contribution in [1.82, 2.24) is 0 Å². The molecule has 0 aromatic heterocycles. The second-order valence-electron chi connectivity index (χ2n) is 5.73. The van der Waals surface area contributed by atoms with Gasteiger partial charge in [-0.15, -0.1) is 0 Å². The number of nitrogen functional groups attached to an aromatic ring is 2. The fourth-order valence-corrected chi connectivity index (χ4v) is 2.53. The smallest absolute Gasteiger partial charge is 0.399 e. The van der Waals surface area contributed by atoms with Crippen LogP contribution in [0.1, 0.15) is 11.1 Å². The molecule has 0 atom stereocenters. The molecule has 0 amide bonds. The first-order valence-electron chi connectivity index (χ1n) is 7.94. The maximum absolute atomic E-state index is 13.1. The normalized spacial score (nSPS) is 11.5. The Morgan fingerprint density at radius 3 is 1.57 bits per heavy atom. The second-order valence-corrected chi connectivity index (χ2v) is 5.73. The second kappa shape index (κ2) is 8.24. The first kappa shape index (κ1) is 21.1. The van der Waals surface area contributed by atoms with Crippen LogP contribution in [0.2, 0.25) is 0 Å². The summed E-state index contributed by atoms with van der Waals surface area (Å²) in [6.07, 6.45) is -9.73. The molecule has 0 aliphatic heterocycles. The zero-order chi connectivity index (χ0) is 20.9. The lowest BCUT2D eigenvalue weighted by Gasteiger charge is -2.19. The number of alkyl halides is 6. The van der Waals surface area contributed by atoms with Crippen LogP contribution < -0.4 is 11.5 Å². The van der Waals surface area contributed by atoms with E-state index in [2.05, 4.69) is 0 Å². The molecule has 4 N–H and O–H groups in total. The Bertz CT molecular complexity index is 892. The molecule has 0 heterocycles. The van der Waals surface area contributed by atoms with Gasteiger partial charge < -0.3 is 11.5 Å². The predicted molar refractivity (Wildman–Crippen MR) is 97.1 cm³/mol. The summed E-state index contributed by atoms with van der Waals surface area (Å²) in [5.41, 5.74) is 5.96. The molecule has 3 rings (SSSR count). The molecule has 0 saturated carbocycles. The summed E-state index contributed by atoms with van der Waals surface area (Å²) in [5, 5.41) is 0. The Labute approximate surface area is 157 Å². The topological polar surface area (TPSA) is 52.0 Å². The third kappa shape index (κ3) is 5.18. The largest absolute Gasteiger partial charge is 0.418 e. The van der Waals surface area contributed by atoms with Gasteiger partial charge in [0.15, 0.2) is 0 Å². The van der Waals surface area contributed by atoms with Crippen molar-refractivity contribution in [3.8, 4) is 11.1 Å². The maximum atomic E-state index is 13.1. The van der Waals surface area contributed by atoms with Gasteiger partial charge in [-0.3, -0.25) is 0 Å². The van der Waals surface area contributed by atoms with Gasteiger partial charge in [0.25, 0.3) is 0 Å². The van der Waals surface area contributed by atoms with Crippen molar-refractivity contribution in [2.24, 2.45) is 0 Å². The number of benzene rings is 3. The summed E-state index contributed by atoms with van der Waals surface area (Å²) in [7, 11) is 0. The van der Waals surface area contributed by atoms with Crippen LogP contribution in [0.5, 0.6) is 0 Å². The molecule has 0 radical (unpaired) electrons. The highest BCUT2D eigenvalue weighted by molar-refractivity contribution is 5.78. The van der Waals surface area contributed by atoms with Crippen LogP contribution in [-0.4, -0.2) is 0 Å². The van der Waals surface area contributed by atoms with E-state index in [0.717, 1.165) is 30.3 Å². The molecule has 0 bridgehead atoms. The van der Waals surface area contributed by atoms with Crippen molar-refractivity contribution < 1.29 is 26.3 Å². The minimum Gasteiger partial charge on any atom is -0.399 e. The van der Waals surface area contributed by atoms with Gasteiger partial charge in [0.1, 0.15) is 0 Å². The molecule has 0 saturated heterocycles. The Balaban J connectivity index is 0.000000397. The molecule has 28 heavy (non-hydrogen) atoms. The summed E-state index contributed by atoms with van der Waals surface area (Å²) >= 11 is 0. The van der Waals surface area contributed by atoms with Crippen LogP contribution in [0.25, 0.3) is 11.1 Å². The first-order chi connectivity index (χ1) is 13.0. The van der Waals surface area contributed by atoms with Crippen molar-refractivity contribution in [2.75, 3.05) is 11.5 Å². The molecule has 0 fully saturated rings. The van der Waals surface area contributed by atoms with Crippen molar-refractivity contribution >= 4 is 11.4 Å². The highest BCUT2D eigenvalue weighted by atomic mass is 19.4. The van der Waals surface area contributed by atoms with E-state index in [-0.39, 0.29) is 5.69 Å². The van der Waals surface area contributed by atoms with E-state index < -0.39 is 40.3 Å². The van der Waals surface area contributed by atoms with Crippen molar-refractivity contribution in [3.63, 3.8) is 0 Å². The number of hydrogen-bond acceptors (Lipinski definition) is 2. The molecule has 2 nitrogen and oxygen atoms in total. The molecular weight excluding hydrogens is 382 g/mol. The van der Waals surface area contributed by atoms with E-state index >= 15 is 0 Å². The average Bonchev–Trinajstić information content (AvgIpc) is 2.61.